The molecule has 0 saturated carbocycles. The van der Waals surface area contributed by atoms with Gasteiger partial charge in [-0.1, -0.05) is 60.1 Å². The minimum Gasteiger partial charge on any atom is -0.414 e. The van der Waals surface area contributed by atoms with Crippen LogP contribution in [0.15, 0.2) is 18.6 Å². The average molecular weight is 544 g/mol. The molecule has 0 bridgehead atoms. The highest BCUT2D eigenvalue weighted by molar-refractivity contribution is 8.00. The van der Waals surface area contributed by atoms with E-state index in [4.69, 9.17) is 24.6 Å². The first kappa shape index (κ1) is 26.6. The number of aromatic nitrogens is 3. The molecular formula is C23H38ClN3O4SSi2. The van der Waals surface area contributed by atoms with Crippen molar-refractivity contribution in [1.29, 1.82) is 0 Å². The van der Waals surface area contributed by atoms with Crippen LogP contribution in [0.4, 0.5) is 0 Å². The summed E-state index contributed by atoms with van der Waals surface area (Å²) in [7, 11) is -5.31. The molecule has 2 fully saturated rings. The highest BCUT2D eigenvalue weighted by atomic mass is 35.5. The van der Waals surface area contributed by atoms with E-state index in [1.165, 1.54) is 6.33 Å². The summed E-state index contributed by atoms with van der Waals surface area (Å²) in [5, 5.41) is 12.9. The van der Waals surface area contributed by atoms with E-state index in [-0.39, 0.29) is 21.7 Å². The fraction of sp³-hybridized carbons (Fsp3) is 0.739. The van der Waals surface area contributed by atoms with E-state index in [1.807, 2.05) is 23.8 Å². The van der Waals surface area contributed by atoms with Crippen LogP contribution in [0.25, 0.3) is 11.0 Å². The number of thioether (sulfide) groups is 1. The molecule has 0 aromatic carbocycles. The summed E-state index contributed by atoms with van der Waals surface area (Å²) in [6.45, 7) is 17.8. The van der Waals surface area contributed by atoms with Gasteiger partial charge >= 0.3 is 17.1 Å². The van der Waals surface area contributed by atoms with Crippen molar-refractivity contribution >= 4 is 51.5 Å². The van der Waals surface area contributed by atoms with Crippen LogP contribution in [0.5, 0.6) is 0 Å². The van der Waals surface area contributed by atoms with Gasteiger partial charge < -0.3 is 22.6 Å². The summed E-state index contributed by atoms with van der Waals surface area (Å²) in [6, 6.07) is 2.78. The maximum Gasteiger partial charge on any atom is 0.335 e. The van der Waals surface area contributed by atoms with E-state index in [0.717, 1.165) is 11.4 Å². The van der Waals surface area contributed by atoms with Crippen molar-refractivity contribution in [3.05, 3.63) is 23.7 Å². The third kappa shape index (κ3) is 4.11. The van der Waals surface area contributed by atoms with Gasteiger partial charge in [-0.15, -0.1) is 11.8 Å². The molecule has 1 N–H and O–H groups in total. The normalized spacial score (nSPS) is 34.1. The molecule has 190 valence electrons. The zero-order valence-electron chi connectivity index (χ0n) is 21.4. The zero-order chi connectivity index (χ0) is 25.1. The van der Waals surface area contributed by atoms with Gasteiger partial charge in [-0.25, -0.2) is 9.97 Å². The van der Waals surface area contributed by atoms with Gasteiger partial charge in [-0.3, -0.25) is 0 Å². The molecule has 4 rings (SSSR count). The van der Waals surface area contributed by atoms with Gasteiger partial charge in [-0.2, -0.15) is 0 Å². The number of hydrogen-bond acceptors (Lipinski definition) is 7. The third-order valence-electron chi connectivity index (χ3n) is 7.55. The lowest BCUT2D eigenvalue weighted by atomic mass is 9.96. The molecule has 34 heavy (non-hydrogen) atoms. The molecule has 2 aromatic heterocycles. The predicted molar refractivity (Wildman–Crippen MR) is 143 cm³/mol. The minimum absolute atomic E-state index is 0.0276. The molecule has 5 atom stereocenters. The van der Waals surface area contributed by atoms with Gasteiger partial charge in [-0.05, 0) is 35.7 Å². The van der Waals surface area contributed by atoms with Crippen LogP contribution in [0.2, 0.25) is 27.8 Å². The van der Waals surface area contributed by atoms with Crippen LogP contribution in [0, 0.1) is 0 Å². The van der Waals surface area contributed by atoms with Crippen LogP contribution < -0.4 is 0 Å². The van der Waals surface area contributed by atoms with Crippen LogP contribution in [-0.2, 0) is 13.0 Å². The Kier molecular flexibility index (Phi) is 7.39. The highest BCUT2D eigenvalue weighted by Crippen LogP contribution is 2.55. The van der Waals surface area contributed by atoms with Gasteiger partial charge in [0.15, 0.2) is 0 Å². The molecule has 0 amide bonds. The second-order valence-electron chi connectivity index (χ2n) is 10.7. The van der Waals surface area contributed by atoms with E-state index in [1.54, 1.807) is 11.8 Å². The number of nitrogens with zero attached hydrogens (tertiary/aromatic N) is 3. The number of aliphatic hydroxyl groups is 1. The monoisotopic (exact) mass is 543 g/mol. The van der Waals surface area contributed by atoms with Crippen LogP contribution in [-0.4, -0.2) is 60.3 Å². The Morgan fingerprint density at radius 2 is 1.88 bits per heavy atom. The second kappa shape index (κ2) is 9.44. The number of halogens is 1. The zero-order valence-corrected chi connectivity index (χ0v) is 25.0. The van der Waals surface area contributed by atoms with E-state index in [0.29, 0.717) is 22.9 Å². The van der Waals surface area contributed by atoms with Crippen molar-refractivity contribution in [1.82, 2.24) is 14.5 Å². The van der Waals surface area contributed by atoms with Gasteiger partial charge in [0.05, 0.1) is 23.3 Å². The summed E-state index contributed by atoms with van der Waals surface area (Å²) in [6.07, 6.45) is 2.97. The summed E-state index contributed by atoms with van der Waals surface area (Å²) in [5.41, 5.74) is 0.271. The van der Waals surface area contributed by atoms with Crippen LogP contribution >= 0.6 is 23.4 Å². The SMILES string of the molecule is CC[Si]1(C(C)C)OC[C@H]2S[C@@H](n3ccc4c(Cl)ncnc43)[C@@](C)(O)[C@@H]2O[Si](C(C)C)(C(C)C)O1. The van der Waals surface area contributed by atoms with Gasteiger partial charge in [0.25, 0.3) is 0 Å². The second-order valence-corrected chi connectivity index (χ2v) is 20.9. The topological polar surface area (TPSA) is 78.6 Å². The van der Waals surface area contributed by atoms with Gasteiger partial charge in [0, 0.05) is 6.20 Å². The van der Waals surface area contributed by atoms with Crippen LogP contribution in [0.3, 0.4) is 0 Å². The molecule has 2 aliphatic rings. The molecule has 2 saturated heterocycles. The molecule has 0 radical (unpaired) electrons. The fourth-order valence-electron chi connectivity index (χ4n) is 5.48. The highest BCUT2D eigenvalue weighted by Gasteiger charge is 2.63. The first-order valence-electron chi connectivity index (χ1n) is 12.3. The Hall–Kier alpha value is -0.466. The first-order chi connectivity index (χ1) is 15.9. The Balaban J connectivity index is 1.81. The molecule has 0 aliphatic carbocycles. The summed E-state index contributed by atoms with van der Waals surface area (Å²) < 4.78 is 23.1. The number of hydrogen-bond donors (Lipinski definition) is 1. The molecule has 1 unspecified atom stereocenters. The van der Waals surface area contributed by atoms with Crippen molar-refractivity contribution in [2.24, 2.45) is 0 Å². The quantitative estimate of drug-likeness (QED) is 0.365. The van der Waals surface area contributed by atoms with E-state index >= 15 is 0 Å². The van der Waals surface area contributed by atoms with Crippen molar-refractivity contribution in [2.45, 2.75) is 100 Å². The first-order valence-corrected chi connectivity index (χ1v) is 17.7. The minimum atomic E-state index is -2.78. The van der Waals surface area contributed by atoms with E-state index in [9.17, 15) is 5.11 Å². The van der Waals surface area contributed by atoms with Gasteiger partial charge in [0.2, 0.25) is 0 Å². The molecule has 2 aromatic rings. The number of fused-ring (bicyclic) bond motifs is 2. The maximum absolute atomic E-state index is 12.0. The Morgan fingerprint density at radius 3 is 2.47 bits per heavy atom. The molecule has 4 heterocycles. The molecule has 7 nitrogen and oxygen atoms in total. The largest absolute Gasteiger partial charge is 0.414 e. The van der Waals surface area contributed by atoms with E-state index < -0.39 is 28.8 Å². The van der Waals surface area contributed by atoms with Gasteiger partial charge in [0.1, 0.15) is 28.1 Å². The van der Waals surface area contributed by atoms with Crippen molar-refractivity contribution in [2.75, 3.05) is 6.61 Å². The lowest BCUT2D eigenvalue weighted by Crippen LogP contribution is -2.65. The van der Waals surface area contributed by atoms with Crippen molar-refractivity contribution in [3.63, 3.8) is 0 Å². The maximum atomic E-state index is 12.0. The molecule has 2 aliphatic heterocycles. The molecule has 0 spiro atoms. The number of rotatable bonds is 5. The van der Waals surface area contributed by atoms with E-state index in [2.05, 4.69) is 58.4 Å². The summed E-state index contributed by atoms with van der Waals surface area (Å²) >= 11 is 8.01. The average Bonchev–Trinajstić information content (AvgIpc) is 3.27. The third-order valence-corrected chi connectivity index (χ3v) is 19.4. The Morgan fingerprint density at radius 1 is 1.21 bits per heavy atom. The summed E-state index contributed by atoms with van der Waals surface area (Å²) in [4.78, 5) is 8.57. The fourth-order valence-corrected chi connectivity index (χ4v) is 18.0. The summed E-state index contributed by atoms with van der Waals surface area (Å²) in [5.74, 6) is 0. The van der Waals surface area contributed by atoms with Crippen LogP contribution in [0.1, 0.15) is 60.8 Å². The smallest absolute Gasteiger partial charge is 0.335 e. The predicted octanol–water partition coefficient (Wildman–Crippen LogP) is 6.02. The lowest BCUT2D eigenvalue weighted by molar-refractivity contribution is -0.0744. The Bertz CT molecular complexity index is 1030. The molecule has 11 heteroatoms. The Labute approximate surface area is 214 Å². The van der Waals surface area contributed by atoms with Crippen molar-refractivity contribution < 1.29 is 18.1 Å². The standard InChI is InChI=1S/C23H38ClN3O4SSi2/c1-9-33(14(2)3)29-12-18-19(30-34(31-33,15(4)5)16(6)7)23(8,28)22(32-18)27-11-10-17-20(24)25-13-26-21(17)27/h10-11,13-16,18-19,22,28H,9,12H2,1-8H3/t18-,19-,22-,23+,33?/m1/s1. The molecular weight excluding hydrogens is 506 g/mol. The van der Waals surface area contributed by atoms with Crippen molar-refractivity contribution in [3.8, 4) is 0 Å². The lowest BCUT2D eigenvalue weighted by Gasteiger charge is -2.51.